The summed E-state index contributed by atoms with van der Waals surface area (Å²) >= 11 is 0. The lowest BCUT2D eigenvalue weighted by molar-refractivity contribution is 0.0597. The van der Waals surface area contributed by atoms with Gasteiger partial charge in [0.1, 0.15) is 11.3 Å². The molecule has 0 spiro atoms. The van der Waals surface area contributed by atoms with Crippen molar-refractivity contribution >= 4 is 5.97 Å². The third-order valence-corrected chi connectivity index (χ3v) is 1.22. The number of methoxy groups -OCH3 is 1. The van der Waals surface area contributed by atoms with E-state index in [-0.39, 0.29) is 11.3 Å². The van der Waals surface area contributed by atoms with E-state index in [0.717, 1.165) is 0 Å². The highest BCUT2D eigenvalue weighted by Crippen LogP contribution is 2.15. The maximum absolute atomic E-state index is 10.8. The lowest BCUT2D eigenvalue weighted by Crippen LogP contribution is -2.00. The van der Waals surface area contributed by atoms with Crippen molar-refractivity contribution in [2.24, 2.45) is 0 Å². The number of hydrogen-bond acceptors (Lipinski definition) is 3. The zero-order valence-electron chi connectivity index (χ0n) is 6.00. The van der Waals surface area contributed by atoms with E-state index < -0.39 is 5.97 Å². The molecular formula is C8H7O3. The lowest BCUT2D eigenvalue weighted by atomic mass is 10.2. The summed E-state index contributed by atoms with van der Waals surface area (Å²) in [4.78, 5) is 10.8. The van der Waals surface area contributed by atoms with Gasteiger partial charge in [0.25, 0.3) is 0 Å². The Morgan fingerprint density at radius 3 is 3.00 bits per heavy atom. The Bertz CT molecular complexity index is 268. The zero-order chi connectivity index (χ0) is 8.27. The van der Waals surface area contributed by atoms with Gasteiger partial charge in [-0.25, -0.2) is 4.79 Å². The molecule has 1 aromatic rings. The molecule has 11 heavy (non-hydrogen) atoms. The van der Waals surface area contributed by atoms with Crippen LogP contribution in [0.1, 0.15) is 10.4 Å². The van der Waals surface area contributed by atoms with Gasteiger partial charge in [0, 0.05) is 6.07 Å². The Labute approximate surface area is 64.2 Å². The van der Waals surface area contributed by atoms with Gasteiger partial charge in [-0.15, -0.1) is 0 Å². The molecule has 0 heterocycles. The van der Waals surface area contributed by atoms with E-state index in [2.05, 4.69) is 10.8 Å². The standard InChI is InChI=1S/C8H7O3/c1-11-8(10)6-4-2-3-5-7(6)9/h2-3,5,9H,1H3. The van der Waals surface area contributed by atoms with Crippen LogP contribution in [0.4, 0.5) is 0 Å². The van der Waals surface area contributed by atoms with E-state index in [9.17, 15) is 4.79 Å². The Morgan fingerprint density at radius 1 is 1.73 bits per heavy atom. The van der Waals surface area contributed by atoms with Crippen LogP contribution in [0.15, 0.2) is 18.2 Å². The molecule has 0 aliphatic heterocycles. The molecule has 0 amide bonds. The molecule has 1 N–H and O–H groups in total. The van der Waals surface area contributed by atoms with Gasteiger partial charge in [0.2, 0.25) is 0 Å². The van der Waals surface area contributed by atoms with Crippen molar-refractivity contribution in [3.63, 3.8) is 0 Å². The monoisotopic (exact) mass is 151 g/mol. The fourth-order valence-corrected chi connectivity index (χ4v) is 0.694. The second-order valence-electron chi connectivity index (χ2n) is 1.92. The van der Waals surface area contributed by atoms with Crippen LogP contribution in [-0.2, 0) is 4.74 Å². The number of phenols is 1. The summed E-state index contributed by atoms with van der Waals surface area (Å²) in [6.45, 7) is 0. The van der Waals surface area contributed by atoms with E-state index >= 15 is 0 Å². The highest BCUT2D eigenvalue weighted by atomic mass is 16.5. The third-order valence-electron chi connectivity index (χ3n) is 1.22. The predicted octanol–water partition coefficient (Wildman–Crippen LogP) is 0.979. The van der Waals surface area contributed by atoms with Gasteiger partial charge < -0.3 is 9.84 Å². The molecule has 0 aliphatic carbocycles. The van der Waals surface area contributed by atoms with Gasteiger partial charge in [-0.1, -0.05) is 12.1 Å². The Kier molecular flexibility index (Phi) is 2.11. The molecule has 0 fully saturated rings. The fraction of sp³-hybridized carbons (Fsp3) is 0.125. The minimum Gasteiger partial charge on any atom is -0.507 e. The Morgan fingerprint density at radius 2 is 2.45 bits per heavy atom. The number of ether oxygens (including phenoxy) is 1. The molecular weight excluding hydrogens is 144 g/mol. The lowest BCUT2D eigenvalue weighted by Gasteiger charge is -1.99. The average Bonchev–Trinajstić information content (AvgIpc) is 2.04. The molecule has 0 unspecified atom stereocenters. The molecule has 1 aromatic carbocycles. The number of rotatable bonds is 1. The van der Waals surface area contributed by atoms with Gasteiger partial charge in [-0.05, 0) is 6.07 Å². The summed E-state index contributed by atoms with van der Waals surface area (Å²) in [6.07, 6.45) is 0. The molecule has 0 bridgehead atoms. The predicted molar refractivity (Wildman–Crippen MR) is 38.3 cm³/mol. The Hall–Kier alpha value is -1.51. The third kappa shape index (κ3) is 1.49. The molecule has 1 rings (SSSR count). The molecule has 1 radical (unpaired) electrons. The Balaban J connectivity index is 3.03. The number of carbonyl (C=O) groups excluding carboxylic acids is 1. The normalized spacial score (nSPS) is 9.18. The van der Waals surface area contributed by atoms with E-state index in [4.69, 9.17) is 5.11 Å². The largest absolute Gasteiger partial charge is 0.507 e. The van der Waals surface area contributed by atoms with Crippen molar-refractivity contribution in [3.05, 3.63) is 29.8 Å². The minimum atomic E-state index is -0.580. The van der Waals surface area contributed by atoms with Gasteiger partial charge >= 0.3 is 5.97 Å². The second-order valence-corrected chi connectivity index (χ2v) is 1.92. The summed E-state index contributed by atoms with van der Waals surface area (Å²) in [5, 5.41) is 9.08. The van der Waals surface area contributed by atoms with Crippen LogP contribution >= 0.6 is 0 Å². The maximum Gasteiger partial charge on any atom is 0.342 e. The second kappa shape index (κ2) is 3.05. The van der Waals surface area contributed by atoms with Crippen LogP contribution in [-0.4, -0.2) is 18.2 Å². The summed E-state index contributed by atoms with van der Waals surface area (Å²) in [5.41, 5.74) is 0.0648. The van der Waals surface area contributed by atoms with E-state index in [1.165, 1.54) is 19.2 Å². The fourth-order valence-electron chi connectivity index (χ4n) is 0.694. The number of benzene rings is 1. The van der Waals surface area contributed by atoms with Crippen molar-refractivity contribution in [1.82, 2.24) is 0 Å². The molecule has 0 aliphatic rings. The SMILES string of the molecule is COC(=O)c1[c]cccc1O. The van der Waals surface area contributed by atoms with Crippen LogP contribution < -0.4 is 0 Å². The van der Waals surface area contributed by atoms with Crippen LogP contribution in [0.5, 0.6) is 5.75 Å². The molecule has 57 valence electrons. The van der Waals surface area contributed by atoms with Gasteiger partial charge in [-0.2, -0.15) is 0 Å². The first-order valence-corrected chi connectivity index (χ1v) is 3.03. The maximum atomic E-state index is 10.8. The summed E-state index contributed by atoms with van der Waals surface area (Å²) < 4.78 is 4.39. The van der Waals surface area contributed by atoms with Crippen molar-refractivity contribution in [1.29, 1.82) is 0 Å². The van der Waals surface area contributed by atoms with Crippen molar-refractivity contribution in [2.45, 2.75) is 0 Å². The van der Waals surface area contributed by atoms with Gasteiger partial charge in [-0.3, -0.25) is 0 Å². The molecule has 0 aromatic heterocycles. The smallest absolute Gasteiger partial charge is 0.342 e. The first-order valence-electron chi connectivity index (χ1n) is 3.03. The molecule has 0 saturated carbocycles. The molecule has 0 saturated heterocycles. The van der Waals surface area contributed by atoms with E-state index in [0.29, 0.717) is 0 Å². The molecule has 3 heteroatoms. The van der Waals surface area contributed by atoms with Gasteiger partial charge in [0.15, 0.2) is 0 Å². The first-order chi connectivity index (χ1) is 5.25. The number of aromatic hydroxyl groups is 1. The van der Waals surface area contributed by atoms with E-state index in [1.54, 1.807) is 6.07 Å². The molecule has 3 nitrogen and oxygen atoms in total. The van der Waals surface area contributed by atoms with Crippen LogP contribution in [0.2, 0.25) is 0 Å². The van der Waals surface area contributed by atoms with Crippen LogP contribution in [0, 0.1) is 6.07 Å². The van der Waals surface area contributed by atoms with Crippen LogP contribution in [0.25, 0.3) is 0 Å². The number of phenolic OH excluding ortho intramolecular Hbond substituents is 1. The quantitative estimate of drug-likeness (QED) is 0.608. The average molecular weight is 151 g/mol. The van der Waals surface area contributed by atoms with Crippen molar-refractivity contribution in [2.75, 3.05) is 7.11 Å². The van der Waals surface area contributed by atoms with Crippen molar-refractivity contribution < 1.29 is 14.6 Å². The first kappa shape index (κ1) is 7.60. The number of carbonyl (C=O) groups is 1. The van der Waals surface area contributed by atoms with Gasteiger partial charge in [0.05, 0.1) is 7.11 Å². The van der Waals surface area contributed by atoms with Crippen molar-refractivity contribution in [3.8, 4) is 5.75 Å². The topological polar surface area (TPSA) is 46.5 Å². The van der Waals surface area contributed by atoms with E-state index in [1.807, 2.05) is 0 Å². The highest BCUT2D eigenvalue weighted by Gasteiger charge is 2.09. The summed E-state index contributed by atoms with van der Waals surface area (Å²) in [5.74, 6) is -0.692. The highest BCUT2D eigenvalue weighted by molar-refractivity contribution is 5.91. The molecule has 0 atom stereocenters. The summed E-state index contributed by atoms with van der Waals surface area (Å²) in [6, 6.07) is 7.09. The summed E-state index contributed by atoms with van der Waals surface area (Å²) in [7, 11) is 1.25. The number of esters is 1. The number of hydrogen-bond donors (Lipinski definition) is 1. The zero-order valence-corrected chi connectivity index (χ0v) is 6.00. The minimum absolute atomic E-state index is 0.0648. The van der Waals surface area contributed by atoms with Crippen LogP contribution in [0.3, 0.4) is 0 Å².